The predicted molar refractivity (Wildman–Crippen MR) is 104 cm³/mol. The second kappa shape index (κ2) is 7.23. The number of carbonyl (C=O) groups excluding carboxylic acids is 1. The fourth-order valence-corrected chi connectivity index (χ4v) is 3.20. The van der Waals surface area contributed by atoms with Gasteiger partial charge >= 0.3 is 0 Å². The maximum Gasteiger partial charge on any atom is 0.269 e. The minimum Gasteiger partial charge on any atom is -0.351 e. The number of rotatable bonds is 4. The Balaban J connectivity index is 2.17. The summed E-state index contributed by atoms with van der Waals surface area (Å²) in [6, 6.07) is 12.6. The topological polar surface area (TPSA) is 84.3 Å². The Morgan fingerprint density at radius 3 is 2.54 bits per heavy atom. The molecule has 26 heavy (non-hydrogen) atoms. The van der Waals surface area contributed by atoms with Crippen LogP contribution in [-0.2, 0) is 4.79 Å². The van der Waals surface area contributed by atoms with Crippen LogP contribution in [0.1, 0.15) is 24.1 Å². The SMILES string of the molecule is CC(=O)C1=C(c2ccc(Cl)cc2)NC(=S)N[C@@H]1c1cccc([N+](=O)[O-])c1. The molecule has 6 nitrogen and oxygen atoms in total. The van der Waals surface area contributed by atoms with Crippen molar-refractivity contribution >= 4 is 46.1 Å². The van der Waals surface area contributed by atoms with Crippen molar-refractivity contribution in [2.75, 3.05) is 0 Å². The van der Waals surface area contributed by atoms with Crippen LogP contribution in [0, 0.1) is 10.1 Å². The molecule has 1 atom stereocenters. The van der Waals surface area contributed by atoms with E-state index in [2.05, 4.69) is 10.6 Å². The van der Waals surface area contributed by atoms with E-state index in [9.17, 15) is 14.9 Å². The maximum atomic E-state index is 12.4. The Labute approximate surface area is 160 Å². The highest BCUT2D eigenvalue weighted by atomic mass is 35.5. The second-order valence-electron chi connectivity index (χ2n) is 5.74. The highest BCUT2D eigenvalue weighted by molar-refractivity contribution is 7.80. The van der Waals surface area contributed by atoms with Gasteiger partial charge in [-0.05, 0) is 42.4 Å². The average molecular weight is 388 g/mol. The minimum absolute atomic E-state index is 0.0512. The number of nitro groups is 1. The van der Waals surface area contributed by atoms with Gasteiger partial charge in [-0.15, -0.1) is 0 Å². The standard InChI is InChI=1S/C18H14ClN3O3S/c1-10(23)15-16(11-5-7-13(19)8-6-11)20-18(26)21-17(15)12-3-2-4-14(9-12)22(24)25/h2-9,17H,1H3,(H2,20,21,26)/t17-/m1/s1. The summed E-state index contributed by atoms with van der Waals surface area (Å²) in [4.78, 5) is 23.0. The summed E-state index contributed by atoms with van der Waals surface area (Å²) in [7, 11) is 0. The minimum atomic E-state index is -0.591. The lowest BCUT2D eigenvalue weighted by Gasteiger charge is -2.31. The van der Waals surface area contributed by atoms with Crippen LogP contribution in [0.5, 0.6) is 0 Å². The van der Waals surface area contributed by atoms with Crippen molar-refractivity contribution in [1.82, 2.24) is 10.6 Å². The molecule has 1 aliphatic rings. The van der Waals surface area contributed by atoms with Gasteiger partial charge in [-0.1, -0.05) is 35.9 Å². The van der Waals surface area contributed by atoms with Gasteiger partial charge < -0.3 is 10.6 Å². The van der Waals surface area contributed by atoms with E-state index in [0.29, 0.717) is 27.0 Å². The van der Waals surface area contributed by atoms with Gasteiger partial charge in [0.25, 0.3) is 5.69 Å². The Kier molecular flexibility index (Phi) is 5.01. The van der Waals surface area contributed by atoms with Crippen LogP contribution < -0.4 is 10.6 Å². The van der Waals surface area contributed by atoms with Crippen LogP contribution in [0.25, 0.3) is 5.70 Å². The molecule has 132 valence electrons. The Hall–Kier alpha value is -2.77. The fraction of sp³-hybridized carbons (Fsp3) is 0.111. The number of hydrogen-bond donors (Lipinski definition) is 2. The first-order chi connectivity index (χ1) is 12.4. The van der Waals surface area contributed by atoms with Gasteiger partial charge in [0.15, 0.2) is 10.9 Å². The van der Waals surface area contributed by atoms with E-state index in [1.165, 1.54) is 19.1 Å². The number of benzene rings is 2. The summed E-state index contributed by atoms with van der Waals surface area (Å²) in [5.41, 5.74) is 2.29. The number of carbonyl (C=O) groups is 1. The quantitative estimate of drug-likeness (QED) is 0.472. The largest absolute Gasteiger partial charge is 0.351 e. The highest BCUT2D eigenvalue weighted by Gasteiger charge is 2.30. The Morgan fingerprint density at radius 2 is 1.92 bits per heavy atom. The van der Waals surface area contributed by atoms with Crippen molar-refractivity contribution in [1.29, 1.82) is 0 Å². The zero-order valence-corrected chi connectivity index (χ0v) is 15.2. The molecule has 0 saturated carbocycles. The van der Waals surface area contributed by atoms with Gasteiger partial charge in [0.05, 0.1) is 16.7 Å². The molecule has 2 N–H and O–H groups in total. The van der Waals surface area contributed by atoms with E-state index < -0.39 is 11.0 Å². The number of thiocarbonyl (C=S) groups is 1. The number of hydrogen-bond acceptors (Lipinski definition) is 4. The van der Waals surface area contributed by atoms with E-state index in [4.69, 9.17) is 23.8 Å². The first-order valence-corrected chi connectivity index (χ1v) is 8.48. The lowest BCUT2D eigenvalue weighted by Crippen LogP contribution is -2.44. The van der Waals surface area contributed by atoms with Gasteiger partial charge in [0.2, 0.25) is 0 Å². The summed E-state index contributed by atoms with van der Waals surface area (Å²) in [6.45, 7) is 1.45. The summed E-state index contributed by atoms with van der Waals surface area (Å²) in [5, 5.41) is 18.1. The molecule has 1 aliphatic heterocycles. The molecule has 0 bridgehead atoms. The van der Waals surface area contributed by atoms with Crippen LogP contribution in [0.15, 0.2) is 54.1 Å². The molecule has 0 aliphatic carbocycles. The van der Waals surface area contributed by atoms with Gasteiger partial charge in [0.1, 0.15) is 0 Å². The third kappa shape index (κ3) is 3.58. The molecule has 0 spiro atoms. The molecule has 0 aromatic heterocycles. The van der Waals surface area contributed by atoms with Crippen molar-refractivity contribution in [3.8, 4) is 0 Å². The lowest BCUT2D eigenvalue weighted by molar-refractivity contribution is -0.384. The molecule has 0 amide bonds. The molecule has 8 heteroatoms. The normalized spacial score (nSPS) is 16.7. The number of ketones is 1. The first kappa shape index (κ1) is 18.0. The molecule has 3 rings (SSSR count). The number of halogens is 1. The summed E-state index contributed by atoms with van der Waals surface area (Å²) >= 11 is 11.2. The zero-order chi connectivity index (χ0) is 18.8. The lowest BCUT2D eigenvalue weighted by atomic mass is 9.90. The Morgan fingerprint density at radius 1 is 1.23 bits per heavy atom. The average Bonchev–Trinajstić information content (AvgIpc) is 2.61. The Bertz CT molecular complexity index is 941. The van der Waals surface area contributed by atoms with E-state index >= 15 is 0 Å². The van der Waals surface area contributed by atoms with E-state index in [1.807, 2.05) is 0 Å². The van der Waals surface area contributed by atoms with Crippen LogP contribution >= 0.6 is 23.8 Å². The van der Waals surface area contributed by atoms with Crippen LogP contribution in [-0.4, -0.2) is 15.8 Å². The molecule has 1 heterocycles. The molecule has 2 aromatic rings. The van der Waals surface area contributed by atoms with E-state index in [0.717, 1.165) is 5.56 Å². The molecule has 0 radical (unpaired) electrons. The number of non-ortho nitro benzene ring substituents is 1. The third-order valence-corrected chi connectivity index (χ3v) is 4.47. The number of nitrogens with one attached hydrogen (secondary N) is 2. The van der Waals surface area contributed by atoms with E-state index in [-0.39, 0.29) is 11.5 Å². The van der Waals surface area contributed by atoms with Crippen molar-refractivity contribution in [2.24, 2.45) is 0 Å². The number of Topliss-reactive ketones (excluding diaryl/α,β-unsaturated/α-hetero) is 1. The second-order valence-corrected chi connectivity index (χ2v) is 6.58. The number of nitro benzene ring substituents is 1. The first-order valence-electron chi connectivity index (χ1n) is 7.69. The van der Waals surface area contributed by atoms with Crippen LogP contribution in [0.4, 0.5) is 5.69 Å². The smallest absolute Gasteiger partial charge is 0.269 e. The molecular weight excluding hydrogens is 374 g/mol. The molecule has 0 unspecified atom stereocenters. The summed E-state index contributed by atoms with van der Waals surface area (Å²) in [5.74, 6) is -0.172. The van der Waals surface area contributed by atoms with Crippen molar-refractivity contribution in [2.45, 2.75) is 13.0 Å². The molecule has 0 saturated heterocycles. The van der Waals surface area contributed by atoms with Gasteiger partial charge in [-0.2, -0.15) is 0 Å². The molecule has 0 fully saturated rings. The fourth-order valence-electron chi connectivity index (χ4n) is 2.86. The van der Waals surface area contributed by atoms with Crippen molar-refractivity contribution < 1.29 is 9.72 Å². The van der Waals surface area contributed by atoms with Gasteiger partial charge in [0, 0.05) is 22.7 Å². The predicted octanol–water partition coefficient (Wildman–Crippen LogP) is 3.77. The third-order valence-electron chi connectivity index (χ3n) is 4.00. The van der Waals surface area contributed by atoms with Gasteiger partial charge in [-0.25, -0.2) is 0 Å². The van der Waals surface area contributed by atoms with Gasteiger partial charge in [-0.3, -0.25) is 14.9 Å². The van der Waals surface area contributed by atoms with E-state index in [1.54, 1.807) is 36.4 Å². The molecular formula is C18H14ClN3O3S. The zero-order valence-electron chi connectivity index (χ0n) is 13.7. The van der Waals surface area contributed by atoms with Crippen molar-refractivity contribution in [3.63, 3.8) is 0 Å². The molecule has 2 aromatic carbocycles. The maximum absolute atomic E-state index is 12.4. The summed E-state index contributed by atoms with van der Waals surface area (Å²) < 4.78 is 0. The highest BCUT2D eigenvalue weighted by Crippen LogP contribution is 2.33. The summed E-state index contributed by atoms with van der Waals surface area (Å²) in [6.07, 6.45) is 0. The van der Waals surface area contributed by atoms with Crippen LogP contribution in [0.3, 0.4) is 0 Å². The number of nitrogens with zero attached hydrogens (tertiary/aromatic N) is 1. The monoisotopic (exact) mass is 387 g/mol. The van der Waals surface area contributed by atoms with Crippen LogP contribution in [0.2, 0.25) is 5.02 Å². The van der Waals surface area contributed by atoms with Crippen molar-refractivity contribution in [3.05, 3.63) is 80.4 Å².